The SMILES string of the molecule is Cc1nc(CN)c(CC#N)cc1C(F)F. The van der Waals surface area contributed by atoms with Crippen LogP contribution in [0.2, 0.25) is 0 Å². The zero-order chi connectivity index (χ0) is 11.4. The molecule has 1 aromatic rings. The number of alkyl halides is 2. The number of nitriles is 1. The van der Waals surface area contributed by atoms with Crippen molar-refractivity contribution in [3.63, 3.8) is 0 Å². The molecule has 0 aliphatic carbocycles. The Morgan fingerprint density at radius 1 is 1.60 bits per heavy atom. The van der Waals surface area contributed by atoms with Crippen LogP contribution < -0.4 is 5.73 Å². The Morgan fingerprint density at radius 2 is 2.27 bits per heavy atom. The molecule has 1 heterocycles. The van der Waals surface area contributed by atoms with E-state index in [1.807, 2.05) is 6.07 Å². The summed E-state index contributed by atoms with van der Waals surface area (Å²) in [6.45, 7) is 1.66. The average molecular weight is 211 g/mol. The minimum atomic E-state index is -2.57. The summed E-state index contributed by atoms with van der Waals surface area (Å²) in [4.78, 5) is 3.98. The lowest BCUT2D eigenvalue weighted by molar-refractivity contribution is 0.150. The highest BCUT2D eigenvalue weighted by molar-refractivity contribution is 5.32. The van der Waals surface area contributed by atoms with Crippen molar-refractivity contribution >= 4 is 0 Å². The number of hydrogen-bond donors (Lipinski definition) is 1. The van der Waals surface area contributed by atoms with Gasteiger partial charge in [0.2, 0.25) is 0 Å². The van der Waals surface area contributed by atoms with Gasteiger partial charge in [-0.15, -0.1) is 0 Å². The Balaban J connectivity index is 3.25. The summed E-state index contributed by atoms with van der Waals surface area (Å²) >= 11 is 0. The summed E-state index contributed by atoms with van der Waals surface area (Å²) in [5, 5.41) is 8.53. The summed E-state index contributed by atoms with van der Waals surface area (Å²) in [6, 6.07) is 3.22. The van der Waals surface area contributed by atoms with Gasteiger partial charge in [-0.1, -0.05) is 0 Å². The summed E-state index contributed by atoms with van der Waals surface area (Å²) < 4.78 is 25.1. The van der Waals surface area contributed by atoms with Crippen molar-refractivity contribution in [2.45, 2.75) is 26.3 Å². The highest BCUT2D eigenvalue weighted by Gasteiger charge is 2.15. The Kier molecular flexibility index (Phi) is 3.69. The van der Waals surface area contributed by atoms with Gasteiger partial charge in [0, 0.05) is 17.8 Å². The molecule has 0 fully saturated rings. The molecular formula is C10H11F2N3. The Hall–Kier alpha value is -1.54. The van der Waals surface area contributed by atoms with Crippen molar-refractivity contribution in [2.75, 3.05) is 0 Å². The molecule has 0 spiro atoms. The third-order valence-electron chi connectivity index (χ3n) is 2.12. The van der Waals surface area contributed by atoms with Crippen molar-refractivity contribution < 1.29 is 8.78 Å². The number of rotatable bonds is 3. The minimum Gasteiger partial charge on any atom is -0.325 e. The second-order valence-electron chi connectivity index (χ2n) is 3.11. The van der Waals surface area contributed by atoms with Gasteiger partial charge >= 0.3 is 0 Å². The molecule has 80 valence electrons. The molecule has 0 radical (unpaired) electrons. The zero-order valence-corrected chi connectivity index (χ0v) is 8.30. The van der Waals surface area contributed by atoms with Gasteiger partial charge in [0.25, 0.3) is 6.43 Å². The van der Waals surface area contributed by atoms with E-state index in [2.05, 4.69) is 4.98 Å². The predicted molar refractivity (Wildman–Crippen MR) is 51.1 cm³/mol. The first-order chi connectivity index (χ1) is 7.10. The van der Waals surface area contributed by atoms with Crippen LogP contribution in [0.3, 0.4) is 0 Å². The van der Waals surface area contributed by atoms with E-state index in [4.69, 9.17) is 11.0 Å². The second kappa shape index (κ2) is 4.80. The molecule has 0 aromatic carbocycles. The zero-order valence-electron chi connectivity index (χ0n) is 8.30. The van der Waals surface area contributed by atoms with Gasteiger partial charge in [-0.25, -0.2) is 8.78 Å². The number of pyridine rings is 1. The number of halogens is 2. The van der Waals surface area contributed by atoms with Crippen LogP contribution in [-0.2, 0) is 13.0 Å². The third-order valence-corrected chi connectivity index (χ3v) is 2.12. The van der Waals surface area contributed by atoms with E-state index in [0.717, 1.165) is 0 Å². The normalized spacial score (nSPS) is 10.4. The lowest BCUT2D eigenvalue weighted by Gasteiger charge is -2.09. The molecule has 1 aromatic heterocycles. The molecule has 0 aliphatic heterocycles. The van der Waals surface area contributed by atoms with E-state index < -0.39 is 6.43 Å². The molecule has 3 nitrogen and oxygen atoms in total. The Morgan fingerprint density at radius 3 is 2.73 bits per heavy atom. The molecule has 5 heteroatoms. The van der Waals surface area contributed by atoms with E-state index in [-0.39, 0.29) is 24.2 Å². The van der Waals surface area contributed by atoms with Crippen LogP contribution in [0.1, 0.15) is 28.9 Å². The van der Waals surface area contributed by atoms with Crippen molar-refractivity contribution in [3.8, 4) is 6.07 Å². The van der Waals surface area contributed by atoms with Gasteiger partial charge in [-0.2, -0.15) is 5.26 Å². The fourth-order valence-electron chi connectivity index (χ4n) is 1.35. The van der Waals surface area contributed by atoms with Crippen molar-refractivity contribution in [1.29, 1.82) is 5.26 Å². The Bertz CT molecular complexity index is 396. The Labute approximate surface area is 86.5 Å². The van der Waals surface area contributed by atoms with Gasteiger partial charge in [0.1, 0.15) is 0 Å². The largest absolute Gasteiger partial charge is 0.325 e. The number of aryl methyl sites for hydroxylation is 1. The molecule has 0 saturated heterocycles. The molecule has 0 unspecified atom stereocenters. The van der Waals surface area contributed by atoms with Crippen LogP contribution in [0, 0.1) is 18.3 Å². The number of hydrogen-bond acceptors (Lipinski definition) is 3. The predicted octanol–water partition coefficient (Wildman–Crippen LogP) is 1.85. The summed E-state index contributed by atoms with van der Waals surface area (Å²) in [5.74, 6) is 0. The van der Waals surface area contributed by atoms with Gasteiger partial charge in [-0.05, 0) is 18.6 Å². The lowest BCUT2D eigenvalue weighted by Crippen LogP contribution is -2.08. The lowest BCUT2D eigenvalue weighted by atomic mass is 10.1. The molecule has 0 atom stereocenters. The first-order valence-electron chi connectivity index (χ1n) is 4.44. The molecule has 2 N–H and O–H groups in total. The number of nitrogens with two attached hydrogens (primary N) is 1. The quantitative estimate of drug-likeness (QED) is 0.829. The van der Waals surface area contributed by atoms with E-state index in [0.29, 0.717) is 11.3 Å². The molecule has 0 amide bonds. The number of aromatic nitrogens is 1. The monoisotopic (exact) mass is 211 g/mol. The standard InChI is InChI=1S/C10H11F2N3/c1-6-8(10(11)12)4-7(2-3-13)9(5-14)15-6/h4,10H,2,5,14H2,1H3. The molecule has 0 bridgehead atoms. The highest BCUT2D eigenvalue weighted by atomic mass is 19.3. The summed E-state index contributed by atoms with van der Waals surface area (Å²) in [5.41, 5.74) is 6.56. The van der Waals surface area contributed by atoms with Gasteiger partial charge in [0.15, 0.2) is 0 Å². The summed E-state index contributed by atoms with van der Waals surface area (Å²) in [7, 11) is 0. The van der Waals surface area contributed by atoms with Gasteiger partial charge in [0.05, 0.1) is 18.2 Å². The van der Waals surface area contributed by atoms with Crippen LogP contribution in [-0.4, -0.2) is 4.98 Å². The van der Waals surface area contributed by atoms with Crippen LogP contribution >= 0.6 is 0 Å². The van der Waals surface area contributed by atoms with E-state index in [1.54, 1.807) is 0 Å². The molecule has 0 saturated carbocycles. The fourth-order valence-corrected chi connectivity index (χ4v) is 1.35. The second-order valence-corrected chi connectivity index (χ2v) is 3.11. The van der Waals surface area contributed by atoms with Crippen molar-refractivity contribution in [3.05, 3.63) is 28.6 Å². The third kappa shape index (κ3) is 2.48. The first kappa shape index (κ1) is 11.5. The van der Waals surface area contributed by atoms with Gasteiger partial charge < -0.3 is 5.73 Å². The summed E-state index contributed by atoms with van der Waals surface area (Å²) in [6.07, 6.45) is -2.51. The maximum absolute atomic E-state index is 12.5. The topological polar surface area (TPSA) is 62.7 Å². The molecular weight excluding hydrogens is 200 g/mol. The number of nitrogens with zero attached hydrogens (tertiary/aromatic N) is 2. The van der Waals surface area contributed by atoms with E-state index >= 15 is 0 Å². The van der Waals surface area contributed by atoms with Crippen molar-refractivity contribution in [2.24, 2.45) is 5.73 Å². The minimum absolute atomic E-state index is 0.0551. The van der Waals surface area contributed by atoms with Gasteiger partial charge in [-0.3, -0.25) is 4.98 Å². The van der Waals surface area contributed by atoms with E-state index in [9.17, 15) is 8.78 Å². The van der Waals surface area contributed by atoms with E-state index in [1.165, 1.54) is 13.0 Å². The smallest absolute Gasteiger partial charge is 0.265 e. The molecule has 0 aliphatic rings. The van der Waals surface area contributed by atoms with Crippen LogP contribution in [0.15, 0.2) is 6.07 Å². The molecule has 1 rings (SSSR count). The van der Waals surface area contributed by atoms with Crippen molar-refractivity contribution in [1.82, 2.24) is 4.98 Å². The average Bonchev–Trinajstić information content (AvgIpc) is 2.20. The molecule has 15 heavy (non-hydrogen) atoms. The van der Waals surface area contributed by atoms with Crippen LogP contribution in [0.25, 0.3) is 0 Å². The maximum atomic E-state index is 12.5. The first-order valence-corrected chi connectivity index (χ1v) is 4.44. The van der Waals surface area contributed by atoms with Crippen LogP contribution in [0.5, 0.6) is 0 Å². The fraction of sp³-hybridized carbons (Fsp3) is 0.400. The van der Waals surface area contributed by atoms with Crippen LogP contribution in [0.4, 0.5) is 8.78 Å². The highest BCUT2D eigenvalue weighted by Crippen LogP contribution is 2.23. The maximum Gasteiger partial charge on any atom is 0.265 e.